The van der Waals surface area contributed by atoms with Gasteiger partial charge in [0.25, 0.3) is 0 Å². The molecule has 0 aliphatic rings. The van der Waals surface area contributed by atoms with Crippen LogP contribution in [0, 0.1) is 5.92 Å². The Labute approximate surface area is 104 Å². The zero-order valence-corrected chi connectivity index (χ0v) is 10.9. The number of aromatic nitrogens is 2. The van der Waals surface area contributed by atoms with Gasteiger partial charge in [-0.2, -0.15) is 0 Å². The first-order valence-corrected chi connectivity index (χ1v) is 6.57. The van der Waals surface area contributed by atoms with Crippen molar-refractivity contribution in [2.45, 2.75) is 20.3 Å². The summed E-state index contributed by atoms with van der Waals surface area (Å²) in [6.07, 6.45) is 1.10. The maximum absolute atomic E-state index is 6.06. The van der Waals surface area contributed by atoms with E-state index in [4.69, 9.17) is 11.6 Å². The zero-order valence-electron chi connectivity index (χ0n) is 9.33. The first-order chi connectivity index (χ1) is 7.66. The Morgan fingerprint density at radius 3 is 3.00 bits per heavy atom. The number of hydrogen-bond acceptors (Lipinski definition) is 4. The number of fused-ring (bicyclic) bond motifs is 1. The minimum atomic E-state index is 0.526. The fraction of sp³-hybridized carbons (Fsp3) is 0.455. The first kappa shape index (κ1) is 11.6. The number of nitrogens with zero attached hydrogens (tertiary/aromatic N) is 2. The van der Waals surface area contributed by atoms with Crippen LogP contribution in [-0.2, 0) is 0 Å². The predicted molar refractivity (Wildman–Crippen MR) is 70.4 cm³/mol. The molecule has 2 heterocycles. The molecular weight excluding hydrogens is 242 g/mol. The van der Waals surface area contributed by atoms with Crippen LogP contribution in [-0.4, -0.2) is 16.5 Å². The van der Waals surface area contributed by atoms with Gasteiger partial charge in [0.2, 0.25) is 5.95 Å². The van der Waals surface area contributed by atoms with Crippen molar-refractivity contribution in [3.8, 4) is 0 Å². The van der Waals surface area contributed by atoms with Crippen molar-refractivity contribution in [2.75, 3.05) is 11.9 Å². The number of rotatable bonds is 4. The Balaban J connectivity index is 2.12. The van der Waals surface area contributed by atoms with Crippen molar-refractivity contribution in [3.05, 3.63) is 16.6 Å². The van der Waals surface area contributed by atoms with E-state index in [2.05, 4.69) is 29.1 Å². The van der Waals surface area contributed by atoms with Gasteiger partial charge in [-0.25, -0.2) is 9.97 Å². The van der Waals surface area contributed by atoms with E-state index >= 15 is 0 Å². The molecule has 0 aliphatic heterocycles. The van der Waals surface area contributed by atoms with E-state index in [1.54, 1.807) is 11.3 Å². The highest BCUT2D eigenvalue weighted by Crippen LogP contribution is 2.25. The predicted octanol–water partition coefficient (Wildman–Crippen LogP) is 3.80. The molecule has 0 bridgehead atoms. The van der Waals surface area contributed by atoms with E-state index in [-0.39, 0.29) is 0 Å². The van der Waals surface area contributed by atoms with Crippen LogP contribution in [0.25, 0.3) is 10.2 Å². The second kappa shape index (κ2) is 4.97. The van der Waals surface area contributed by atoms with Crippen LogP contribution in [0.3, 0.4) is 0 Å². The van der Waals surface area contributed by atoms with Gasteiger partial charge in [0.1, 0.15) is 9.98 Å². The molecule has 3 nitrogen and oxygen atoms in total. The monoisotopic (exact) mass is 255 g/mol. The summed E-state index contributed by atoms with van der Waals surface area (Å²) in [4.78, 5) is 9.56. The quantitative estimate of drug-likeness (QED) is 0.845. The Morgan fingerprint density at radius 1 is 1.44 bits per heavy atom. The van der Waals surface area contributed by atoms with Crippen LogP contribution in [0.15, 0.2) is 11.4 Å². The average molecular weight is 256 g/mol. The summed E-state index contributed by atoms with van der Waals surface area (Å²) in [5, 5.41) is 6.63. The van der Waals surface area contributed by atoms with Crippen LogP contribution in [0.2, 0.25) is 5.15 Å². The van der Waals surface area contributed by atoms with E-state index in [1.807, 2.05) is 11.4 Å². The lowest BCUT2D eigenvalue weighted by molar-refractivity contribution is 0.606. The second-order valence-corrected chi connectivity index (χ2v) is 5.34. The number of nitrogens with one attached hydrogen (secondary N) is 1. The molecule has 0 unspecified atom stereocenters. The molecule has 5 heteroatoms. The van der Waals surface area contributed by atoms with Gasteiger partial charge < -0.3 is 5.32 Å². The lowest BCUT2D eigenvalue weighted by Crippen LogP contribution is -2.07. The molecule has 0 saturated heterocycles. The SMILES string of the molecule is CC(C)CCNc1nc(Cl)c2ccsc2n1. The molecular formula is C11H14ClN3S. The lowest BCUT2D eigenvalue weighted by Gasteiger charge is -2.07. The van der Waals surface area contributed by atoms with E-state index in [0.717, 1.165) is 23.2 Å². The van der Waals surface area contributed by atoms with Crippen LogP contribution < -0.4 is 5.32 Å². The second-order valence-electron chi connectivity index (χ2n) is 4.09. The average Bonchev–Trinajstić information content (AvgIpc) is 2.65. The molecule has 0 radical (unpaired) electrons. The molecule has 0 amide bonds. The molecule has 0 aromatic carbocycles. The van der Waals surface area contributed by atoms with E-state index in [1.165, 1.54) is 0 Å². The number of anilines is 1. The molecule has 0 aliphatic carbocycles. The summed E-state index contributed by atoms with van der Waals surface area (Å²) >= 11 is 7.64. The molecule has 16 heavy (non-hydrogen) atoms. The van der Waals surface area contributed by atoms with Gasteiger partial charge in [0.15, 0.2) is 0 Å². The molecule has 0 fully saturated rings. The highest BCUT2D eigenvalue weighted by Gasteiger charge is 2.06. The van der Waals surface area contributed by atoms with Crippen molar-refractivity contribution >= 4 is 39.1 Å². The Bertz CT molecular complexity index is 481. The van der Waals surface area contributed by atoms with Crippen LogP contribution in [0.5, 0.6) is 0 Å². The standard InChI is InChI=1S/C11H14ClN3S/c1-7(2)3-5-13-11-14-9(12)8-4-6-16-10(8)15-11/h4,6-7H,3,5H2,1-2H3,(H,13,14,15). The molecule has 86 valence electrons. The first-order valence-electron chi connectivity index (χ1n) is 5.31. The van der Waals surface area contributed by atoms with Crippen molar-refractivity contribution < 1.29 is 0 Å². The molecule has 2 aromatic heterocycles. The lowest BCUT2D eigenvalue weighted by atomic mass is 10.1. The number of hydrogen-bond donors (Lipinski definition) is 1. The maximum Gasteiger partial charge on any atom is 0.225 e. The zero-order chi connectivity index (χ0) is 11.5. The van der Waals surface area contributed by atoms with Gasteiger partial charge in [-0.15, -0.1) is 11.3 Å². The van der Waals surface area contributed by atoms with Gasteiger partial charge in [-0.1, -0.05) is 25.4 Å². The van der Waals surface area contributed by atoms with Gasteiger partial charge in [-0.05, 0) is 23.8 Å². The fourth-order valence-electron chi connectivity index (χ4n) is 1.37. The molecule has 1 N–H and O–H groups in total. The third kappa shape index (κ3) is 2.62. The van der Waals surface area contributed by atoms with Crippen molar-refractivity contribution in [2.24, 2.45) is 5.92 Å². The summed E-state index contributed by atoms with van der Waals surface area (Å²) in [6, 6.07) is 1.94. The minimum Gasteiger partial charge on any atom is -0.354 e. The summed E-state index contributed by atoms with van der Waals surface area (Å²) in [7, 11) is 0. The Kier molecular flexibility index (Phi) is 3.61. The van der Waals surface area contributed by atoms with Crippen LogP contribution >= 0.6 is 22.9 Å². The largest absolute Gasteiger partial charge is 0.354 e. The smallest absolute Gasteiger partial charge is 0.225 e. The van der Waals surface area contributed by atoms with Gasteiger partial charge >= 0.3 is 0 Å². The van der Waals surface area contributed by atoms with Crippen molar-refractivity contribution in [3.63, 3.8) is 0 Å². The summed E-state index contributed by atoms with van der Waals surface area (Å²) in [6.45, 7) is 5.26. The summed E-state index contributed by atoms with van der Waals surface area (Å²) < 4.78 is 0. The van der Waals surface area contributed by atoms with E-state index < -0.39 is 0 Å². The Hall–Kier alpha value is -0.870. The normalized spacial score (nSPS) is 11.2. The minimum absolute atomic E-state index is 0.526. The topological polar surface area (TPSA) is 37.8 Å². The van der Waals surface area contributed by atoms with E-state index in [9.17, 15) is 0 Å². The number of thiophene rings is 1. The number of halogens is 1. The van der Waals surface area contributed by atoms with Crippen LogP contribution in [0.1, 0.15) is 20.3 Å². The fourth-order valence-corrected chi connectivity index (χ4v) is 2.42. The summed E-state index contributed by atoms with van der Waals surface area (Å²) in [5.74, 6) is 1.30. The molecule has 2 rings (SSSR count). The van der Waals surface area contributed by atoms with Crippen molar-refractivity contribution in [1.82, 2.24) is 9.97 Å². The third-order valence-electron chi connectivity index (χ3n) is 2.28. The van der Waals surface area contributed by atoms with Crippen LogP contribution in [0.4, 0.5) is 5.95 Å². The molecule has 2 aromatic rings. The summed E-state index contributed by atoms with van der Waals surface area (Å²) in [5.41, 5.74) is 0. The van der Waals surface area contributed by atoms with Gasteiger partial charge in [0, 0.05) is 11.9 Å². The van der Waals surface area contributed by atoms with Gasteiger partial charge in [-0.3, -0.25) is 0 Å². The molecule has 0 saturated carbocycles. The third-order valence-corrected chi connectivity index (χ3v) is 3.38. The molecule has 0 atom stereocenters. The maximum atomic E-state index is 6.06. The van der Waals surface area contributed by atoms with Gasteiger partial charge in [0.05, 0.1) is 0 Å². The highest BCUT2D eigenvalue weighted by atomic mass is 35.5. The van der Waals surface area contributed by atoms with Crippen molar-refractivity contribution in [1.29, 1.82) is 0 Å². The molecule has 0 spiro atoms. The van der Waals surface area contributed by atoms with E-state index in [0.29, 0.717) is 17.0 Å². The Morgan fingerprint density at radius 2 is 2.25 bits per heavy atom. The highest BCUT2D eigenvalue weighted by molar-refractivity contribution is 7.16.